The summed E-state index contributed by atoms with van der Waals surface area (Å²) in [6.07, 6.45) is 1.85. The number of esters is 1. The molecule has 2 rings (SSSR count). The number of unbranched alkanes of at least 4 members (excludes halogenated alkanes) is 1. The highest BCUT2D eigenvalue weighted by Gasteiger charge is 2.22. The maximum atomic E-state index is 13.5. The van der Waals surface area contributed by atoms with Crippen molar-refractivity contribution in [3.63, 3.8) is 0 Å². The molecule has 1 amide bonds. The van der Waals surface area contributed by atoms with Gasteiger partial charge in [-0.25, -0.2) is 9.18 Å². The molecule has 0 spiro atoms. The molecule has 6 nitrogen and oxygen atoms in total. The highest BCUT2D eigenvalue weighted by molar-refractivity contribution is 6.32. The molecule has 0 aliphatic carbocycles. The van der Waals surface area contributed by atoms with Gasteiger partial charge in [0.2, 0.25) is 0 Å². The van der Waals surface area contributed by atoms with Gasteiger partial charge < -0.3 is 10.1 Å². The molecule has 0 saturated carbocycles. The minimum atomic E-state index is -0.722. The molecule has 0 atom stereocenters. The molecule has 0 aliphatic rings. The largest absolute Gasteiger partial charge is 0.452 e. The molecule has 0 radical (unpaired) electrons. The van der Waals surface area contributed by atoms with Gasteiger partial charge in [0.1, 0.15) is 16.5 Å². The minimum Gasteiger partial charge on any atom is -0.452 e. The average Bonchev–Trinajstić information content (AvgIpc) is 2.88. The van der Waals surface area contributed by atoms with Crippen LogP contribution in [0.2, 0.25) is 5.15 Å². The molecule has 8 heteroatoms. The standard InChI is InChI=1S/C18H21ClFN3O3/c1-4-5-8-23-17(19)16(12(3)22-23)18(25)26-10-15(24)21-13-7-6-11(2)14(20)9-13/h6-7,9H,4-5,8,10H2,1-3H3,(H,21,24). The van der Waals surface area contributed by atoms with Gasteiger partial charge in [-0.05, 0) is 38.0 Å². The number of carbonyl (C=O) groups excluding carboxylic acids is 2. The van der Waals surface area contributed by atoms with Crippen molar-refractivity contribution >= 4 is 29.2 Å². The van der Waals surface area contributed by atoms with Crippen molar-refractivity contribution in [2.45, 2.75) is 40.2 Å². The predicted molar refractivity (Wildman–Crippen MR) is 96.9 cm³/mol. The number of amides is 1. The second-order valence-electron chi connectivity index (χ2n) is 5.92. The van der Waals surface area contributed by atoms with Crippen molar-refractivity contribution in [3.05, 3.63) is 46.0 Å². The monoisotopic (exact) mass is 381 g/mol. The SMILES string of the molecule is CCCCn1nc(C)c(C(=O)OCC(=O)Nc2ccc(C)c(F)c2)c1Cl. The molecule has 1 aromatic carbocycles. The first kappa shape index (κ1) is 19.9. The Kier molecular flexibility index (Phi) is 6.74. The third-order valence-electron chi connectivity index (χ3n) is 3.78. The van der Waals surface area contributed by atoms with Crippen molar-refractivity contribution in [1.29, 1.82) is 0 Å². The van der Waals surface area contributed by atoms with E-state index in [1.807, 2.05) is 6.92 Å². The summed E-state index contributed by atoms with van der Waals surface area (Å²) in [6.45, 7) is 5.40. The summed E-state index contributed by atoms with van der Waals surface area (Å²) < 4.78 is 20.0. The van der Waals surface area contributed by atoms with E-state index in [4.69, 9.17) is 16.3 Å². The summed E-state index contributed by atoms with van der Waals surface area (Å²) in [5.74, 6) is -1.73. The Morgan fingerprint density at radius 1 is 1.35 bits per heavy atom. The van der Waals surface area contributed by atoms with Crippen LogP contribution in [-0.4, -0.2) is 28.3 Å². The highest BCUT2D eigenvalue weighted by Crippen LogP contribution is 2.21. The molecule has 0 unspecified atom stereocenters. The number of rotatable bonds is 7. The maximum absolute atomic E-state index is 13.5. The number of halogens is 2. The minimum absolute atomic E-state index is 0.150. The maximum Gasteiger partial charge on any atom is 0.343 e. The smallest absolute Gasteiger partial charge is 0.343 e. The Morgan fingerprint density at radius 2 is 2.08 bits per heavy atom. The first-order valence-electron chi connectivity index (χ1n) is 8.29. The van der Waals surface area contributed by atoms with E-state index in [0.717, 1.165) is 12.8 Å². The van der Waals surface area contributed by atoms with Gasteiger partial charge in [0.05, 0.1) is 5.69 Å². The van der Waals surface area contributed by atoms with E-state index in [-0.39, 0.29) is 16.4 Å². The van der Waals surface area contributed by atoms with E-state index in [1.165, 1.54) is 6.07 Å². The fourth-order valence-corrected chi connectivity index (χ4v) is 2.65. The lowest BCUT2D eigenvalue weighted by Crippen LogP contribution is -2.21. The lowest BCUT2D eigenvalue weighted by atomic mass is 10.2. The quantitative estimate of drug-likeness (QED) is 0.738. The molecule has 0 fully saturated rings. The second-order valence-corrected chi connectivity index (χ2v) is 6.27. The Bertz CT molecular complexity index is 820. The molecule has 2 aromatic rings. The van der Waals surface area contributed by atoms with Gasteiger partial charge in [0, 0.05) is 12.2 Å². The van der Waals surface area contributed by atoms with Gasteiger partial charge in [-0.3, -0.25) is 9.48 Å². The Labute approximate surface area is 156 Å². The predicted octanol–water partition coefficient (Wildman–Crippen LogP) is 3.89. The zero-order chi connectivity index (χ0) is 19.3. The lowest BCUT2D eigenvalue weighted by molar-refractivity contribution is -0.119. The van der Waals surface area contributed by atoms with E-state index in [0.29, 0.717) is 17.8 Å². The van der Waals surface area contributed by atoms with Crippen LogP contribution in [0.5, 0.6) is 0 Å². The molecule has 1 aromatic heterocycles. The van der Waals surface area contributed by atoms with Gasteiger partial charge in [-0.15, -0.1) is 0 Å². The zero-order valence-corrected chi connectivity index (χ0v) is 15.7. The molecule has 140 valence electrons. The number of aromatic nitrogens is 2. The van der Waals surface area contributed by atoms with E-state index in [2.05, 4.69) is 10.4 Å². The third-order valence-corrected chi connectivity index (χ3v) is 4.17. The molecular formula is C18H21ClFN3O3. The van der Waals surface area contributed by atoms with E-state index in [1.54, 1.807) is 30.7 Å². The van der Waals surface area contributed by atoms with Gasteiger partial charge in [0.25, 0.3) is 5.91 Å². The lowest BCUT2D eigenvalue weighted by Gasteiger charge is -2.07. The van der Waals surface area contributed by atoms with Crippen LogP contribution < -0.4 is 5.32 Å². The van der Waals surface area contributed by atoms with Gasteiger partial charge in [-0.1, -0.05) is 31.0 Å². The summed E-state index contributed by atoms with van der Waals surface area (Å²) in [5.41, 5.74) is 1.35. The van der Waals surface area contributed by atoms with Crippen LogP contribution in [-0.2, 0) is 16.1 Å². The zero-order valence-electron chi connectivity index (χ0n) is 14.9. The number of anilines is 1. The number of aryl methyl sites for hydroxylation is 3. The number of ether oxygens (including phenoxy) is 1. The molecule has 0 bridgehead atoms. The Hall–Kier alpha value is -2.41. The molecule has 0 saturated heterocycles. The summed E-state index contributed by atoms with van der Waals surface area (Å²) in [7, 11) is 0. The van der Waals surface area contributed by atoms with Crippen molar-refractivity contribution in [3.8, 4) is 0 Å². The fourth-order valence-electron chi connectivity index (χ4n) is 2.31. The molecule has 1 N–H and O–H groups in total. The molecule has 26 heavy (non-hydrogen) atoms. The average molecular weight is 382 g/mol. The van der Waals surface area contributed by atoms with Crippen molar-refractivity contribution in [1.82, 2.24) is 9.78 Å². The summed E-state index contributed by atoms with van der Waals surface area (Å²) in [4.78, 5) is 24.1. The topological polar surface area (TPSA) is 73.2 Å². The van der Waals surface area contributed by atoms with Crippen LogP contribution in [0.25, 0.3) is 0 Å². The first-order valence-corrected chi connectivity index (χ1v) is 8.67. The summed E-state index contributed by atoms with van der Waals surface area (Å²) in [6, 6.07) is 4.32. The first-order chi connectivity index (χ1) is 12.3. The Morgan fingerprint density at radius 3 is 2.73 bits per heavy atom. The highest BCUT2D eigenvalue weighted by atomic mass is 35.5. The number of hydrogen-bond acceptors (Lipinski definition) is 4. The van der Waals surface area contributed by atoms with Crippen molar-refractivity contribution in [2.24, 2.45) is 0 Å². The van der Waals surface area contributed by atoms with Crippen LogP contribution >= 0.6 is 11.6 Å². The van der Waals surface area contributed by atoms with Crippen LogP contribution in [0.15, 0.2) is 18.2 Å². The summed E-state index contributed by atoms with van der Waals surface area (Å²) >= 11 is 6.19. The summed E-state index contributed by atoms with van der Waals surface area (Å²) in [5, 5.41) is 6.89. The van der Waals surface area contributed by atoms with E-state index < -0.39 is 24.3 Å². The van der Waals surface area contributed by atoms with Crippen LogP contribution in [0.3, 0.4) is 0 Å². The van der Waals surface area contributed by atoms with Crippen molar-refractivity contribution in [2.75, 3.05) is 11.9 Å². The number of nitrogens with one attached hydrogen (secondary N) is 1. The number of nitrogens with zero attached hydrogens (tertiary/aromatic N) is 2. The molecule has 1 heterocycles. The fraction of sp³-hybridized carbons (Fsp3) is 0.389. The Balaban J connectivity index is 1.96. The number of benzene rings is 1. The van der Waals surface area contributed by atoms with Gasteiger partial charge >= 0.3 is 5.97 Å². The van der Waals surface area contributed by atoms with Gasteiger partial charge in [0.15, 0.2) is 6.61 Å². The van der Waals surface area contributed by atoms with Crippen LogP contribution in [0, 0.1) is 19.7 Å². The number of carbonyl (C=O) groups is 2. The van der Waals surface area contributed by atoms with Gasteiger partial charge in [-0.2, -0.15) is 5.10 Å². The van der Waals surface area contributed by atoms with E-state index in [9.17, 15) is 14.0 Å². The van der Waals surface area contributed by atoms with Crippen molar-refractivity contribution < 1.29 is 18.7 Å². The van der Waals surface area contributed by atoms with Crippen LogP contribution in [0.4, 0.5) is 10.1 Å². The second kappa shape index (κ2) is 8.80. The third kappa shape index (κ3) is 4.82. The normalized spacial score (nSPS) is 10.7. The molecule has 0 aliphatic heterocycles. The molecular weight excluding hydrogens is 361 g/mol. The number of hydrogen-bond donors (Lipinski definition) is 1. The van der Waals surface area contributed by atoms with Crippen LogP contribution in [0.1, 0.15) is 41.4 Å². The van der Waals surface area contributed by atoms with E-state index >= 15 is 0 Å².